The zero-order valence-corrected chi connectivity index (χ0v) is 14.4. The fraction of sp³-hybridized carbons (Fsp3) is 0.227. The monoisotopic (exact) mass is 329 g/mol. The Bertz CT molecular complexity index is 844. The highest BCUT2D eigenvalue weighted by Crippen LogP contribution is 2.20. The summed E-state index contributed by atoms with van der Waals surface area (Å²) in [6, 6.07) is 25.5. The predicted octanol–water partition coefficient (Wildman–Crippen LogP) is 3.99. The average Bonchev–Trinajstić information content (AvgIpc) is 2.69. The van der Waals surface area contributed by atoms with Crippen LogP contribution >= 0.6 is 0 Å². The van der Waals surface area contributed by atoms with Crippen molar-refractivity contribution >= 4 is 17.0 Å². The van der Waals surface area contributed by atoms with Crippen LogP contribution in [0.3, 0.4) is 0 Å². The third-order valence-electron chi connectivity index (χ3n) is 4.79. The molecule has 3 heteroatoms. The van der Waals surface area contributed by atoms with Crippen molar-refractivity contribution in [3.63, 3.8) is 0 Å². The average molecular weight is 329 g/mol. The van der Waals surface area contributed by atoms with E-state index in [-0.39, 0.29) is 0 Å². The minimum absolute atomic E-state index is 0.980. The van der Waals surface area contributed by atoms with E-state index < -0.39 is 0 Å². The summed E-state index contributed by atoms with van der Waals surface area (Å²) in [4.78, 5) is 2.52. The maximum atomic E-state index is 4.63. The molecule has 1 saturated heterocycles. The van der Waals surface area contributed by atoms with E-state index in [4.69, 9.17) is 0 Å². The fourth-order valence-corrected chi connectivity index (χ4v) is 3.37. The molecule has 1 aliphatic heterocycles. The number of fused-ring (bicyclic) bond motifs is 1. The quantitative estimate of drug-likeness (QED) is 0.674. The zero-order valence-electron chi connectivity index (χ0n) is 14.4. The first-order chi connectivity index (χ1) is 12.4. The molecule has 126 valence electrons. The van der Waals surface area contributed by atoms with Crippen LogP contribution in [-0.2, 0) is 6.54 Å². The first-order valence-corrected chi connectivity index (χ1v) is 8.91. The highest BCUT2D eigenvalue weighted by Gasteiger charge is 2.16. The summed E-state index contributed by atoms with van der Waals surface area (Å²) in [5.74, 6) is 0. The first-order valence-electron chi connectivity index (χ1n) is 8.91. The van der Waals surface area contributed by atoms with Gasteiger partial charge in [0.1, 0.15) is 0 Å². The predicted molar refractivity (Wildman–Crippen MR) is 105 cm³/mol. The lowest BCUT2D eigenvalue weighted by Crippen LogP contribution is -2.43. The van der Waals surface area contributed by atoms with Crippen molar-refractivity contribution < 1.29 is 0 Å². The molecule has 3 aromatic carbocycles. The van der Waals surface area contributed by atoms with Crippen molar-refractivity contribution in [3.8, 4) is 0 Å². The molecule has 4 rings (SSSR count). The van der Waals surface area contributed by atoms with Crippen LogP contribution in [0.5, 0.6) is 0 Å². The van der Waals surface area contributed by atoms with E-state index in [0.717, 1.165) is 38.3 Å². The van der Waals surface area contributed by atoms with Crippen LogP contribution in [0.1, 0.15) is 11.1 Å². The number of hydrogen-bond acceptors (Lipinski definition) is 3. The van der Waals surface area contributed by atoms with E-state index in [0.29, 0.717) is 0 Å². The lowest BCUT2D eigenvalue weighted by molar-refractivity contribution is 0.131. The molecule has 0 aliphatic carbocycles. The molecule has 0 unspecified atom stereocenters. The second-order valence-electron chi connectivity index (χ2n) is 6.52. The van der Waals surface area contributed by atoms with Gasteiger partial charge in [-0.1, -0.05) is 72.8 Å². The Balaban J connectivity index is 1.36. The minimum Gasteiger partial charge on any atom is -0.295 e. The van der Waals surface area contributed by atoms with Crippen LogP contribution in [0.25, 0.3) is 10.8 Å². The molecule has 3 aromatic rings. The second-order valence-corrected chi connectivity index (χ2v) is 6.52. The number of hydrazone groups is 1. The molecule has 0 atom stereocenters. The SMILES string of the molecule is C(=NN1CCN(Cc2cccc3ccccc23)CC1)c1ccccc1. The number of benzene rings is 3. The number of rotatable bonds is 4. The van der Waals surface area contributed by atoms with E-state index in [1.165, 1.54) is 16.3 Å². The molecule has 0 amide bonds. The van der Waals surface area contributed by atoms with E-state index >= 15 is 0 Å². The maximum absolute atomic E-state index is 4.63. The van der Waals surface area contributed by atoms with Gasteiger partial charge in [-0.05, 0) is 21.9 Å². The zero-order chi connectivity index (χ0) is 16.9. The van der Waals surface area contributed by atoms with Gasteiger partial charge in [0.25, 0.3) is 0 Å². The highest BCUT2D eigenvalue weighted by molar-refractivity contribution is 5.85. The Morgan fingerprint density at radius 1 is 0.760 bits per heavy atom. The molecule has 0 aromatic heterocycles. The Morgan fingerprint density at radius 2 is 1.48 bits per heavy atom. The van der Waals surface area contributed by atoms with Gasteiger partial charge in [-0.25, -0.2) is 0 Å². The van der Waals surface area contributed by atoms with E-state index in [1.807, 2.05) is 24.4 Å². The smallest absolute Gasteiger partial charge is 0.0542 e. The van der Waals surface area contributed by atoms with Gasteiger partial charge < -0.3 is 0 Å². The van der Waals surface area contributed by atoms with E-state index in [2.05, 4.69) is 69.6 Å². The number of nitrogens with zero attached hydrogens (tertiary/aromatic N) is 3. The molecule has 3 nitrogen and oxygen atoms in total. The van der Waals surface area contributed by atoms with Crippen LogP contribution < -0.4 is 0 Å². The molecule has 1 heterocycles. The Labute approximate surface area is 149 Å². The summed E-state index contributed by atoms with van der Waals surface area (Å²) in [7, 11) is 0. The third-order valence-corrected chi connectivity index (χ3v) is 4.79. The molecule has 1 fully saturated rings. The molecule has 0 radical (unpaired) electrons. The van der Waals surface area contributed by atoms with Gasteiger partial charge >= 0.3 is 0 Å². The van der Waals surface area contributed by atoms with Crippen molar-refractivity contribution in [1.29, 1.82) is 0 Å². The van der Waals surface area contributed by atoms with Crippen LogP contribution in [0.4, 0.5) is 0 Å². The minimum atomic E-state index is 0.980. The largest absolute Gasteiger partial charge is 0.295 e. The maximum Gasteiger partial charge on any atom is 0.0542 e. The molecule has 0 bridgehead atoms. The van der Waals surface area contributed by atoms with Crippen LogP contribution in [0.2, 0.25) is 0 Å². The lowest BCUT2D eigenvalue weighted by Gasteiger charge is -2.33. The van der Waals surface area contributed by atoms with Crippen LogP contribution in [0, 0.1) is 0 Å². The summed E-state index contributed by atoms with van der Waals surface area (Å²) in [5.41, 5.74) is 2.57. The molecular formula is C22H23N3. The Hall–Kier alpha value is -2.65. The first kappa shape index (κ1) is 15.9. The Morgan fingerprint density at radius 3 is 2.32 bits per heavy atom. The topological polar surface area (TPSA) is 18.8 Å². The van der Waals surface area contributed by atoms with Crippen molar-refractivity contribution in [2.45, 2.75) is 6.54 Å². The standard InChI is InChI=1S/C22H23N3/c1-2-7-19(8-3-1)17-23-25-15-13-24(14-16-25)18-21-11-6-10-20-9-4-5-12-22(20)21/h1-12,17H,13-16,18H2. The summed E-state index contributed by atoms with van der Waals surface area (Å²) in [5, 5.41) is 9.49. The molecule has 0 spiro atoms. The summed E-state index contributed by atoms with van der Waals surface area (Å²) >= 11 is 0. The lowest BCUT2D eigenvalue weighted by atomic mass is 10.0. The number of hydrogen-bond donors (Lipinski definition) is 0. The van der Waals surface area contributed by atoms with Crippen molar-refractivity contribution in [2.75, 3.05) is 26.2 Å². The molecule has 1 aliphatic rings. The van der Waals surface area contributed by atoms with Crippen molar-refractivity contribution in [2.24, 2.45) is 5.10 Å². The summed E-state index contributed by atoms with van der Waals surface area (Å²) in [6.07, 6.45) is 1.96. The summed E-state index contributed by atoms with van der Waals surface area (Å²) < 4.78 is 0. The third kappa shape index (κ3) is 3.89. The Kier molecular flexibility index (Phi) is 4.75. The van der Waals surface area contributed by atoms with Gasteiger partial charge in [0.15, 0.2) is 0 Å². The summed E-state index contributed by atoms with van der Waals surface area (Å²) in [6.45, 7) is 5.07. The van der Waals surface area contributed by atoms with Gasteiger partial charge in [-0.3, -0.25) is 9.91 Å². The van der Waals surface area contributed by atoms with Gasteiger partial charge in [0.2, 0.25) is 0 Å². The van der Waals surface area contributed by atoms with Crippen LogP contribution in [0.15, 0.2) is 77.9 Å². The van der Waals surface area contributed by atoms with Gasteiger partial charge in [-0.2, -0.15) is 5.10 Å². The van der Waals surface area contributed by atoms with Crippen molar-refractivity contribution in [1.82, 2.24) is 9.91 Å². The van der Waals surface area contributed by atoms with E-state index in [9.17, 15) is 0 Å². The highest BCUT2D eigenvalue weighted by atomic mass is 15.5. The molecule has 0 saturated carbocycles. The number of piperazine rings is 1. The molecule has 25 heavy (non-hydrogen) atoms. The van der Waals surface area contributed by atoms with E-state index in [1.54, 1.807) is 0 Å². The van der Waals surface area contributed by atoms with Crippen LogP contribution in [-0.4, -0.2) is 42.3 Å². The fourth-order valence-electron chi connectivity index (χ4n) is 3.37. The normalized spacial score (nSPS) is 15.9. The van der Waals surface area contributed by atoms with Gasteiger partial charge in [-0.15, -0.1) is 0 Å². The molecule has 0 N–H and O–H groups in total. The van der Waals surface area contributed by atoms with Crippen molar-refractivity contribution in [3.05, 3.63) is 83.9 Å². The van der Waals surface area contributed by atoms with Gasteiger partial charge in [0, 0.05) is 32.7 Å². The second kappa shape index (κ2) is 7.49. The van der Waals surface area contributed by atoms with Gasteiger partial charge in [0.05, 0.1) is 6.21 Å². The molecular weight excluding hydrogens is 306 g/mol.